The Balaban J connectivity index is 2.43. The van der Waals surface area contributed by atoms with Crippen molar-refractivity contribution < 1.29 is 23.5 Å². The fraction of sp³-hybridized carbons (Fsp3) is 0.710. The number of pyridine rings is 1. The number of halogens is 1. The van der Waals surface area contributed by atoms with Crippen molar-refractivity contribution >= 4 is 31.7 Å². The lowest BCUT2D eigenvalue weighted by Crippen LogP contribution is -2.49. The number of hydrogen-bond donors (Lipinski definition) is 0. The molecule has 1 aromatic heterocycles. The maximum atomic E-state index is 13.2. The monoisotopic (exact) mass is 579 g/mol. The molecule has 1 aliphatic rings. The molecule has 220 valence electrons. The minimum absolute atomic E-state index is 0.0449. The molecule has 0 unspecified atom stereocenters. The molecule has 39 heavy (non-hydrogen) atoms. The Labute approximate surface area is 242 Å². The highest BCUT2D eigenvalue weighted by molar-refractivity contribution is 6.74. The van der Waals surface area contributed by atoms with Crippen LogP contribution in [0.4, 0.5) is 0 Å². The predicted molar refractivity (Wildman–Crippen MR) is 161 cm³/mol. The van der Waals surface area contributed by atoms with Crippen molar-refractivity contribution in [2.75, 3.05) is 7.11 Å². The van der Waals surface area contributed by atoms with E-state index in [-0.39, 0.29) is 45.7 Å². The summed E-state index contributed by atoms with van der Waals surface area (Å²) >= 11 is 6.44. The molecular weight excluding hydrogens is 530 g/mol. The first-order chi connectivity index (χ1) is 17.7. The molecule has 0 N–H and O–H groups in total. The highest BCUT2D eigenvalue weighted by atomic mass is 35.5. The van der Waals surface area contributed by atoms with Crippen LogP contribution in [0.2, 0.25) is 23.2 Å². The second-order valence-electron chi connectivity index (χ2n) is 13.9. The van der Waals surface area contributed by atoms with Gasteiger partial charge in [-0.2, -0.15) is 0 Å². The van der Waals surface area contributed by atoms with E-state index in [0.29, 0.717) is 10.7 Å². The molecular formula is C31H50ClNO5Si. The lowest BCUT2D eigenvalue weighted by molar-refractivity contribution is -0.130. The first-order valence-electron chi connectivity index (χ1n) is 14.0. The SMILES string of the molecule is CO[C@H](/C(C)=C/[C@H](C)C[C@H](C)C(=O)C(C)(C)C)[C@@H](C)[C@@H]1OC(=O)c2c(Cl)ccnc2[C@H]1O[Si](C)(C)C(C)(C)C. The van der Waals surface area contributed by atoms with Gasteiger partial charge in [0.1, 0.15) is 23.6 Å². The van der Waals surface area contributed by atoms with Crippen molar-refractivity contribution in [1.82, 2.24) is 4.98 Å². The Morgan fingerprint density at radius 2 is 1.77 bits per heavy atom. The van der Waals surface area contributed by atoms with Gasteiger partial charge in [-0.05, 0) is 49.0 Å². The molecule has 1 aliphatic heterocycles. The fourth-order valence-corrected chi connectivity index (χ4v) is 6.74. The van der Waals surface area contributed by atoms with Crippen LogP contribution in [-0.4, -0.2) is 44.4 Å². The zero-order valence-electron chi connectivity index (χ0n) is 26.3. The summed E-state index contributed by atoms with van der Waals surface area (Å²) in [7, 11) is -0.620. The normalized spacial score (nSPS) is 22.0. The number of ketones is 1. The Hall–Kier alpha value is -1.54. The van der Waals surface area contributed by atoms with E-state index in [2.05, 4.69) is 51.8 Å². The van der Waals surface area contributed by atoms with Crippen molar-refractivity contribution in [2.24, 2.45) is 23.2 Å². The number of cyclic esters (lactones) is 1. The summed E-state index contributed by atoms with van der Waals surface area (Å²) in [6.45, 7) is 25.0. The van der Waals surface area contributed by atoms with E-state index in [1.165, 1.54) is 0 Å². The van der Waals surface area contributed by atoms with E-state index >= 15 is 0 Å². The molecule has 8 heteroatoms. The van der Waals surface area contributed by atoms with E-state index in [1.54, 1.807) is 19.4 Å². The van der Waals surface area contributed by atoms with Crippen LogP contribution < -0.4 is 0 Å². The molecule has 0 amide bonds. The Bertz CT molecular complexity index is 1070. The summed E-state index contributed by atoms with van der Waals surface area (Å²) in [6.07, 6.45) is 3.03. The summed E-state index contributed by atoms with van der Waals surface area (Å²) in [4.78, 5) is 30.5. The zero-order valence-corrected chi connectivity index (χ0v) is 28.0. The van der Waals surface area contributed by atoms with Gasteiger partial charge in [-0.25, -0.2) is 4.79 Å². The minimum Gasteiger partial charge on any atom is -0.455 e. The summed E-state index contributed by atoms with van der Waals surface area (Å²) in [5.41, 5.74) is 1.47. The number of methoxy groups -OCH3 is 1. The standard InChI is InChI=1S/C31H50ClNO5Si/c1-18(17-20(3)28(34)30(5,6)7)16-19(2)25(36-11)21(4)26-27(38-39(12,13)31(8,9)10)24-23(29(35)37-26)22(32)14-15-33-24/h14-16,18,20-21,25-27H,17H2,1-13H3/b19-16+/t18-,20-,21+,25+,26-,27+/m0/s1. The highest BCUT2D eigenvalue weighted by Crippen LogP contribution is 2.45. The van der Waals surface area contributed by atoms with Crippen molar-refractivity contribution in [1.29, 1.82) is 0 Å². The third-order valence-electron chi connectivity index (χ3n) is 8.33. The van der Waals surface area contributed by atoms with Gasteiger partial charge in [0.25, 0.3) is 0 Å². The zero-order chi connectivity index (χ0) is 30.1. The first-order valence-corrected chi connectivity index (χ1v) is 17.3. The number of esters is 1. The van der Waals surface area contributed by atoms with Crippen molar-refractivity contribution in [3.63, 3.8) is 0 Å². The van der Waals surface area contributed by atoms with E-state index in [9.17, 15) is 9.59 Å². The smallest absolute Gasteiger partial charge is 0.342 e. The largest absolute Gasteiger partial charge is 0.455 e. The number of carbonyl (C=O) groups excluding carboxylic acids is 2. The number of carbonyl (C=O) groups is 2. The van der Waals surface area contributed by atoms with Crippen LogP contribution in [0.25, 0.3) is 0 Å². The van der Waals surface area contributed by atoms with Gasteiger partial charge in [-0.15, -0.1) is 0 Å². The molecule has 0 aliphatic carbocycles. The Morgan fingerprint density at radius 1 is 1.18 bits per heavy atom. The van der Waals surface area contributed by atoms with Gasteiger partial charge in [-0.3, -0.25) is 9.78 Å². The molecule has 2 heterocycles. The molecule has 2 rings (SSSR count). The first kappa shape index (κ1) is 33.7. The number of rotatable bonds is 10. The van der Waals surface area contributed by atoms with Gasteiger partial charge in [0.15, 0.2) is 8.32 Å². The van der Waals surface area contributed by atoms with E-state index in [0.717, 1.165) is 12.0 Å². The molecule has 0 fully saturated rings. The lowest BCUT2D eigenvalue weighted by Gasteiger charge is -2.44. The maximum Gasteiger partial charge on any atom is 0.342 e. The number of ether oxygens (including phenoxy) is 2. The van der Waals surface area contributed by atoms with Crippen LogP contribution >= 0.6 is 11.6 Å². The molecule has 1 aromatic rings. The van der Waals surface area contributed by atoms with Crippen molar-refractivity contribution in [3.8, 4) is 0 Å². The van der Waals surface area contributed by atoms with Crippen LogP contribution in [0.3, 0.4) is 0 Å². The van der Waals surface area contributed by atoms with Gasteiger partial charge in [0, 0.05) is 30.6 Å². The van der Waals surface area contributed by atoms with Crippen LogP contribution in [0.15, 0.2) is 23.9 Å². The number of nitrogens with zero attached hydrogens (tertiary/aromatic N) is 1. The summed E-state index contributed by atoms with van der Waals surface area (Å²) in [5, 5.41) is 0.251. The number of hydrogen-bond acceptors (Lipinski definition) is 6. The van der Waals surface area contributed by atoms with Crippen molar-refractivity contribution in [3.05, 3.63) is 40.2 Å². The highest BCUT2D eigenvalue weighted by Gasteiger charge is 2.49. The number of allylic oxidation sites excluding steroid dienone is 1. The third-order valence-corrected chi connectivity index (χ3v) is 13.1. The van der Waals surface area contributed by atoms with E-state index < -0.39 is 26.5 Å². The average molecular weight is 580 g/mol. The Morgan fingerprint density at radius 3 is 2.28 bits per heavy atom. The molecule has 0 saturated heterocycles. The van der Waals surface area contributed by atoms with E-state index in [4.69, 9.17) is 25.5 Å². The molecule has 6 nitrogen and oxygen atoms in total. The summed E-state index contributed by atoms with van der Waals surface area (Å²) in [6, 6.07) is 1.60. The predicted octanol–water partition coefficient (Wildman–Crippen LogP) is 8.21. The molecule has 0 radical (unpaired) electrons. The topological polar surface area (TPSA) is 74.7 Å². The Kier molecular flexibility index (Phi) is 10.8. The molecule has 0 saturated carbocycles. The fourth-order valence-electron chi connectivity index (χ4n) is 5.27. The third kappa shape index (κ3) is 7.81. The van der Waals surface area contributed by atoms with Gasteiger partial charge in [0.2, 0.25) is 0 Å². The summed E-state index contributed by atoms with van der Waals surface area (Å²) < 4.78 is 19.0. The van der Waals surface area contributed by atoms with Crippen LogP contribution in [0, 0.1) is 23.2 Å². The average Bonchev–Trinajstić information content (AvgIpc) is 2.78. The van der Waals surface area contributed by atoms with Crippen LogP contribution in [0.5, 0.6) is 0 Å². The van der Waals surface area contributed by atoms with Crippen LogP contribution in [0.1, 0.15) is 97.8 Å². The molecule has 0 aromatic carbocycles. The molecule has 0 bridgehead atoms. The van der Waals surface area contributed by atoms with Gasteiger partial charge in [-0.1, -0.05) is 80.0 Å². The summed E-state index contributed by atoms with van der Waals surface area (Å²) in [5.74, 6) is -0.335. The van der Waals surface area contributed by atoms with E-state index in [1.807, 2.05) is 41.5 Å². The second kappa shape index (κ2) is 12.5. The number of fused-ring (bicyclic) bond motifs is 1. The maximum absolute atomic E-state index is 13.2. The quantitative estimate of drug-likeness (QED) is 0.158. The lowest BCUT2D eigenvalue weighted by atomic mass is 9.79. The van der Waals surface area contributed by atoms with Gasteiger partial charge >= 0.3 is 5.97 Å². The number of aromatic nitrogens is 1. The number of Topliss-reactive ketones (excluding diaryl/α,β-unsaturated/α-hetero) is 1. The second-order valence-corrected chi connectivity index (χ2v) is 19.0. The van der Waals surface area contributed by atoms with Gasteiger partial charge < -0.3 is 13.9 Å². The van der Waals surface area contributed by atoms with Gasteiger partial charge in [0.05, 0.1) is 16.8 Å². The minimum atomic E-state index is -2.29. The van der Waals surface area contributed by atoms with Crippen molar-refractivity contribution in [2.45, 2.75) is 112 Å². The molecule has 0 spiro atoms. The van der Waals surface area contributed by atoms with Crippen LogP contribution in [-0.2, 0) is 18.7 Å². The molecule has 6 atom stereocenters.